The Labute approximate surface area is 390 Å². The Balaban J connectivity index is 0.937. The van der Waals surface area contributed by atoms with E-state index in [-0.39, 0.29) is 0 Å². The summed E-state index contributed by atoms with van der Waals surface area (Å²) in [6, 6.07) is 72.7. The predicted molar refractivity (Wildman–Crippen MR) is 278 cm³/mol. The lowest BCUT2D eigenvalue weighted by molar-refractivity contribution is 0.118. The molecule has 2 heterocycles. The first-order valence-corrected chi connectivity index (χ1v) is 24.7. The summed E-state index contributed by atoms with van der Waals surface area (Å²) < 4.78 is 9.01. The zero-order chi connectivity index (χ0) is 43.8. The van der Waals surface area contributed by atoms with Gasteiger partial charge >= 0.3 is 0 Å². The van der Waals surface area contributed by atoms with Crippen LogP contribution in [-0.2, 0) is 12.8 Å². The summed E-state index contributed by atoms with van der Waals surface area (Å²) in [6.07, 6.45) is 9.36. The van der Waals surface area contributed by atoms with Crippen LogP contribution >= 0.6 is 0 Å². The van der Waals surface area contributed by atoms with Crippen LogP contribution in [-0.4, -0.2) is 4.57 Å². The van der Waals surface area contributed by atoms with Crippen molar-refractivity contribution >= 4 is 71.6 Å². The first kappa shape index (κ1) is 37.8. The van der Waals surface area contributed by atoms with Gasteiger partial charge in [0.2, 0.25) is 0 Å². The zero-order valence-corrected chi connectivity index (χ0v) is 37.5. The van der Waals surface area contributed by atoms with Crippen LogP contribution < -0.4 is 4.90 Å². The van der Waals surface area contributed by atoms with Gasteiger partial charge in [0, 0.05) is 32.9 Å². The number of para-hydroxylation sites is 3. The van der Waals surface area contributed by atoms with Gasteiger partial charge in [-0.3, -0.25) is 0 Å². The molecule has 67 heavy (non-hydrogen) atoms. The fraction of sp³-hybridized carbons (Fsp3) is 0.188. The third-order valence-electron chi connectivity index (χ3n) is 17.2. The Morgan fingerprint density at radius 3 is 1.93 bits per heavy atom. The van der Waals surface area contributed by atoms with E-state index in [4.69, 9.17) is 4.42 Å². The van der Waals surface area contributed by atoms with Crippen LogP contribution in [0.25, 0.3) is 82.5 Å². The largest absolute Gasteiger partial charge is 0.456 e. The molecular weight excluding hydrogens is 813 g/mol. The molecule has 2 aromatic heterocycles. The molecule has 11 aromatic rings. The summed E-state index contributed by atoms with van der Waals surface area (Å²) in [6.45, 7) is 0. The van der Waals surface area contributed by atoms with Gasteiger partial charge in [0.05, 0.1) is 27.8 Å². The van der Waals surface area contributed by atoms with Crippen molar-refractivity contribution in [2.75, 3.05) is 4.90 Å². The Bertz CT molecular complexity index is 3750. The molecule has 4 aliphatic carbocycles. The van der Waals surface area contributed by atoms with E-state index in [0.29, 0.717) is 11.3 Å². The van der Waals surface area contributed by atoms with E-state index in [1.54, 1.807) is 0 Å². The molecule has 0 N–H and O–H groups in total. The molecule has 0 aliphatic heterocycles. The van der Waals surface area contributed by atoms with E-state index in [2.05, 4.69) is 204 Å². The Hall–Kier alpha value is -7.36. The molecule has 0 radical (unpaired) electrons. The van der Waals surface area contributed by atoms with Gasteiger partial charge in [-0.15, -0.1) is 0 Å². The highest BCUT2D eigenvalue weighted by Crippen LogP contribution is 2.68. The first-order chi connectivity index (χ1) is 33.1. The van der Waals surface area contributed by atoms with Crippen molar-refractivity contribution in [2.45, 2.75) is 44.9 Å². The van der Waals surface area contributed by atoms with Crippen LogP contribution in [0.15, 0.2) is 199 Å². The van der Waals surface area contributed by atoms with E-state index in [1.807, 2.05) is 0 Å². The van der Waals surface area contributed by atoms with Crippen LogP contribution in [0.2, 0.25) is 0 Å². The second kappa shape index (κ2) is 14.3. The van der Waals surface area contributed by atoms with Crippen LogP contribution in [0.4, 0.5) is 17.1 Å². The lowest BCUT2D eigenvalue weighted by atomic mass is 9.66. The Morgan fingerprint density at radius 2 is 1.10 bits per heavy atom. The van der Waals surface area contributed by atoms with Crippen molar-refractivity contribution in [3.8, 4) is 27.9 Å². The average Bonchev–Trinajstić information content (AvgIpc) is 4.08. The second-order valence-corrected chi connectivity index (χ2v) is 20.6. The molecule has 4 aliphatic rings. The lowest BCUT2D eigenvalue weighted by Crippen LogP contribution is -2.33. The molecule has 0 amide bonds. The molecule has 5 unspecified atom stereocenters. The van der Waals surface area contributed by atoms with Crippen molar-refractivity contribution in [3.05, 3.63) is 205 Å². The van der Waals surface area contributed by atoms with Crippen LogP contribution in [0.1, 0.15) is 43.2 Å². The minimum atomic E-state index is 0.439. The Kier molecular flexibility index (Phi) is 8.08. The van der Waals surface area contributed by atoms with E-state index in [0.717, 1.165) is 51.8 Å². The maximum absolute atomic E-state index is 6.56. The molecule has 1 spiro atoms. The fourth-order valence-corrected chi connectivity index (χ4v) is 14.6. The molecule has 9 aromatic carbocycles. The first-order valence-electron chi connectivity index (χ1n) is 24.7. The number of fused-ring (bicyclic) bond motifs is 12. The van der Waals surface area contributed by atoms with Crippen molar-refractivity contribution in [2.24, 2.45) is 29.1 Å². The lowest BCUT2D eigenvalue weighted by Gasteiger charge is -2.39. The van der Waals surface area contributed by atoms with Gasteiger partial charge in [-0.05, 0) is 180 Å². The summed E-state index contributed by atoms with van der Waals surface area (Å²) >= 11 is 0. The van der Waals surface area contributed by atoms with Crippen molar-refractivity contribution in [1.82, 2.24) is 4.57 Å². The van der Waals surface area contributed by atoms with Gasteiger partial charge in [0.25, 0.3) is 0 Å². The normalized spacial score (nSPS) is 21.7. The van der Waals surface area contributed by atoms with Crippen LogP contribution in [0, 0.1) is 29.1 Å². The van der Waals surface area contributed by atoms with E-state index >= 15 is 0 Å². The SMILES string of the molecule is c1cc(-c2ccc3c(c2)-c2ccc(N(c4cccc5ccccc45)c4cccc5oc6ccccc6c45)cc2CC2CC4CC5CC(C3)C2(C4)C5)cc(-n2c3ccccc3c3ccccc32)c1. The molecular formula is C64H50N2O. The third kappa shape index (κ3) is 5.64. The van der Waals surface area contributed by atoms with Crippen LogP contribution in [0.5, 0.6) is 0 Å². The maximum Gasteiger partial charge on any atom is 0.137 e. The summed E-state index contributed by atoms with van der Waals surface area (Å²) in [5.41, 5.74) is 17.8. The Morgan fingerprint density at radius 1 is 0.463 bits per heavy atom. The highest BCUT2D eigenvalue weighted by Gasteiger charge is 2.60. The molecule has 322 valence electrons. The van der Waals surface area contributed by atoms with E-state index in [9.17, 15) is 0 Å². The number of rotatable bonds is 5. The molecule has 5 atom stereocenters. The molecule has 3 fully saturated rings. The number of anilines is 3. The zero-order valence-electron chi connectivity index (χ0n) is 37.5. The second-order valence-electron chi connectivity index (χ2n) is 20.6. The predicted octanol–water partition coefficient (Wildman–Crippen LogP) is 17.2. The average molecular weight is 863 g/mol. The molecule has 0 saturated heterocycles. The fourth-order valence-electron chi connectivity index (χ4n) is 14.6. The highest BCUT2D eigenvalue weighted by molar-refractivity contribution is 6.15. The number of nitrogens with zero attached hydrogens (tertiary/aromatic N) is 2. The number of furan rings is 1. The number of aromatic nitrogens is 1. The van der Waals surface area contributed by atoms with Crippen molar-refractivity contribution < 1.29 is 4.42 Å². The van der Waals surface area contributed by atoms with Crippen molar-refractivity contribution in [1.29, 1.82) is 0 Å². The summed E-state index contributed by atoms with van der Waals surface area (Å²) in [7, 11) is 0. The maximum atomic E-state index is 6.56. The molecule has 3 saturated carbocycles. The molecule has 15 rings (SSSR count). The molecule has 3 heteroatoms. The summed E-state index contributed by atoms with van der Waals surface area (Å²) in [5, 5.41) is 7.34. The minimum absolute atomic E-state index is 0.439. The van der Waals surface area contributed by atoms with Gasteiger partial charge in [0.1, 0.15) is 11.2 Å². The third-order valence-corrected chi connectivity index (χ3v) is 17.2. The smallest absolute Gasteiger partial charge is 0.137 e. The molecule has 3 bridgehead atoms. The van der Waals surface area contributed by atoms with Crippen LogP contribution in [0.3, 0.4) is 0 Å². The monoisotopic (exact) mass is 862 g/mol. The van der Waals surface area contributed by atoms with Gasteiger partial charge in [-0.2, -0.15) is 0 Å². The van der Waals surface area contributed by atoms with Gasteiger partial charge in [-0.1, -0.05) is 127 Å². The number of hydrogen-bond acceptors (Lipinski definition) is 2. The van der Waals surface area contributed by atoms with Crippen molar-refractivity contribution in [3.63, 3.8) is 0 Å². The minimum Gasteiger partial charge on any atom is -0.456 e. The molecule has 3 nitrogen and oxygen atoms in total. The van der Waals surface area contributed by atoms with Gasteiger partial charge in [0.15, 0.2) is 0 Å². The number of hydrogen-bond donors (Lipinski definition) is 0. The topological polar surface area (TPSA) is 21.3 Å². The van der Waals surface area contributed by atoms with E-state index < -0.39 is 0 Å². The standard InChI is InChI=1S/C64H50N2O/c1-2-16-52-42(12-1)13-10-22-57(52)66(60-23-11-25-62-63(60)55-19-5-8-24-61(55)67-62)50-28-29-51-46(36-50)34-48-32-41-30-40-31-47(64(48,38-40)39-41)33-45-27-26-44(37-56(45)51)43-14-9-15-49(35-43)65-58-20-6-3-17-53(58)54-18-4-7-21-59(54)65/h1-29,35-37,40-41,47-48H,30-34,38-39H2. The van der Waals surface area contributed by atoms with Gasteiger partial charge < -0.3 is 13.9 Å². The quantitative estimate of drug-likeness (QED) is 0.172. The van der Waals surface area contributed by atoms with E-state index in [1.165, 1.54) is 122 Å². The van der Waals surface area contributed by atoms with Gasteiger partial charge in [-0.25, -0.2) is 0 Å². The summed E-state index contributed by atoms with van der Waals surface area (Å²) in [5.74, 6) is 3.21. The summed E-state index contributed by atoms with van der Waals surface area (Å²) in [4.78, 5) is 2.54. The number of benzene rings is 9. The highest BCUT2D eigenvalue weighted by atomic mass is 16.3.